The first kappa shape index (κ1) is 24.7. The second kappa shape index (κ2) is 10.1. The van der Waals surface area contributed by atoms with Gasteiger partial charge in [-0.1, -0.05) is 45.9 Å². The molecule has 6 heteroatoms. The Bertz CT molecular complexity index is 1220. The highest BCUT2D eigenvalue weighted by molar-refractivity contribution is 5.94. The van der Waals surface area contributed by atoms with Gasteiger partial charge < -0.3 is 14.6 Å². The molecule has 1 N–H and O–H groups in total. The first-order chi connectivity index (χ1) is 16.6. The van der Waals surface area contributed by atoms with E-state index < -0.39 is 5.82 Å². The van der Waals surface area contributed by atoms with E-state index in [-0.39, 0.29) is 17.2 Å². The molecular weight excluding hydrogens is 443 g/mol. The summed E-state index contributed by atoms with van der Waals surface area (Å²) in [6.07, 6.45) is 2.06. The number of fused-ring (bicyclic) bond motifs is 1. The lowest BCUT2D eigenvalue weighted by molar-refractivity contribution is -0.117. The third kappa shape index (κ3) is 6.38. The van der Waals surface area contributed by atoms with Crippen LogP contribution in [0.3, 0.4) is 0 Å². The van der Waals surface area contributed by atoms with Gasteiger partial charge in [-0.05, 0) is 54.2 Å². The summed E-state index contributed by atoms with van der Waals surface area (Å²) >= 11 is 0. The van der Waals surface area contributed by atoms with Crippen LogP contribution in [0.15, 0.2) is 59.0 Å². The van der Waals surface area contributed by atoms with E-state index in [0.29, 0.717) is 43.2 Å². The number of furan rings is 1. The fourth-order valence-corrected chi connectivity index (χ4v) is 4.85. The van der Waals surface area contributed by atoms with Crippen molar-refractivity contribution in [2.75, 3.05) is 11.9 Å². The monoisotopic (exact) mass is 476 g/mol. The molecule has 0 fully saturated rings. The number of carbonyl (C=O) groups excluding carboxylic acids is 2. The number of rotatable bonds is 6. The van der Waals surface area contributed by atoms with Crippen LogP contribution in [-0.4, -0.2) is 23.3 Å². The van der Waals surface area contributed by atoms with Crippen molar-refractivity contribution in [1.29, 1.82) is 0 Å². The minimum atomic E-state index is -0.422. The highest BCUT2D eigenvalue weighted by Crippen LogP contribution is 2.32. The number of hydrogen-bond donors (Lipinski definition) is 1. The SMILES string of the molecule is CC(CC(=O)Nc1cccc(-c2cc3c(o2)CCN(C(=O)c2cccc(F)c2)C3)c1)CC(C)(C)C. The molecule has 35 heavy (non-hydrogen) atoms. The average Bonchev–Trinajstić information content (AvgIpc) is 3.21. The zero-order valence-electron chi connectivity index (χ0n) is 20.9. The van der Waals surface area contributed by atoms with Gasteiger partial charge in [0.1, 0.15) is 17.3 Å². The quantitative estimate of drug-likeness (QED) is 0.431. The lowest BCUT2D eigenvalue weighted by atomic mass is 9.84. The van der Waals surface area contributed by atoms with Gasteiger partial charge in [-0.2, -0.15) is 0 Å². The van der Waals surface area contributed by atoms with E-state index >= 15 is 0 Å². The fraction of sp³-hybridized carbons (Fsp3) is 0.379. The zero-order valence-corrected chi connectivity index (χ0v) is 20.9. The van der Waals surface area contributed by atoms with Crippen LogP contribution in [0.2, 0.25) is 0 Å². The lowest BCUT2D eigenvalue weighted by Gasteiger charge is -2.26. The zero-order chi connectivity index (χ0) is 25.2. The summed E-state index contributed by atoms with van der Waals surface area (Å²) in [5, 5.41) is 3.01. The summed E-state index contributed by atoms with van der Waals surface area (Å²) in [7, 11) is 0. The van der Waals surface area contributed by atoms with Crippen molar-refractivity contribution in [1.82, 2.24) is 4.90 Å². The van der Waals surface area contributed by atoms with E-state index in [1.165, 1.54) is 12.1 Å². The van der Waals surface area contributed by atoms with Crippen molar-refractivity contribution < 1.29 is 18.4 Å². The Morgan fingerprint density at radius 1 is 1.11 bits per heavy atom. The molecule has 0 aliphatic carbocycles. The molecule has 184 valence electrons. The standard InChI is InChI=1S/C29H33FN2O3/c1-19(17-29(2,3)4)13-27(33)31-24-10-6-7-20(15-24)26-16-22-18-32(12-11-25(22)35-26)28(34)21-8-5-9-23(30)14-21/h5-10,14-16,19H,11-13,17-18H2,1-4H3,(H,31,33). The van der Waals surface area contributed by atoms with Crippen LogP contribution in [0, 0.1) is 17.2 Å². The molecule has 5 nitrogen and oxygen atoms in total. The normalized spacial score (nSPS) is 14.4. The third-order valence-electron chi connectivity index (χ3n) is 6.15. The van der Waals surface area contributed by atoms with E-state index in [1.54, 1.807) is 17.0 Å². The second-order valence-electron chi connectivity index (χ2n) is 10.7. The van der Waals surface area contributed by atoms with E-state index in [9.17, 15) is 14.0 Å². The molecule has 2 aromatic carbocycles. The first-order valence-electron chi connectivity index (χ1n) is 12.1. The van der Waals surface area contributed by atoms with Gasteiger partial charge in [-0.15, -0.1) is 0 Å². The highest BCUT2D eigenvalue weighted by Gasteiger charge is 2.25. The van der Waals surface area contributed by atoms with Crippen molar-refractivity contribution in [2.24, 2.45) is 11.3 Å². The van der Waals surface area contributed by atoms with Gasteiger partial charge in [0.25, 0.3) is 5.91 Å². The number of hydrogen-bond acceptors (Lipinski definition) is 3. The summed E-state index contributed by atoms with van der Waals surface area (Å²) in [6, 6.07) is 15.3. The number of benzene rings is 2. The number of halogens is 1. The molecule has 0 saturated carbocycles. The molecule has 2 heterocycles. The minimum Gasteiger partial charge on any atom is -0.461 e. The van der Waals surface area contributed by atoms with E-state index in [1.807, 2.05) is 30.3 Å². The van der Waals surface area contributed by atoms with Crippen molar-refractivity contribution in [3.63, 3.8) is 0 Å². The Labute approximate surface area is 206 Å². The topological polar surface area (TPSA) is 62.6 Å². The summed E-state index contributed by atoms with van der Waals surface area (Å²) in [5.74, 6) is 1.25. The maximum Gasteiger partial charge on any atom is 0.254 e. The Morgan fingerprint density at radius 2 is 1.89 bits per heavy atom. The van der Waals surface area contributed by atoms with E-state index in [2.05, 4.69) is 33.0 Å². The molecule has 4 rings (SSSR count). The second-order valence-corrected chi connectivity index (χ2v) is 10.7. The van der Waals surface area contributed by atoms with Crippen LogP contribution in [0.4, 0.5) is 10.1 Å². The largest absolute Gasteiger partial charge is 0.461 e. The number of amides is 2. The molecule has 3 aromatic rings. The molecule has 1 aromatic heterocycles. The highest BCUT2D eigenvalue weighted by atomic mass is 19.1. The van der Waals surface area contributed by atoms with Gasteiger partial charge in [-0.3, -0.25) is 9.59 Å². The Kier molecular flexibility index (Phi) is 7.10. The van der Waals surface area contributed by atoms with Crippen LogP contribution in [0.1, 0.15) is 62.2 Å². The van der Waals surface area contributed by atoms with Gasteiger partial charge >= 0.3 is 0 Å². The first-order valence-corrected chi connectivity index (χ1v) is 12.1. The molecule has 0 bridgehead atoms. The summed E-state index contributed by atoms with van der Waals surface area (Å²) < 4.78 is 19.7. The van der Waals surface area contributed by atoms with Gasteiger partial charge in [0.2, 0.25) is 5.91 Å². The van der Waals surface area contributed by atoms with Gasteiger partial charge in [0.15, 0.2) is 0 Å². The molecule has 2 amide bonds. The van der Waals surface area contributed by atoms with Gasteiger partial charge in [0, 0.05) is 48.3 Å². The van der Waals surface area contributed by atoms with Crippen LogP contribution in [-0.2, 0) is 17.8 Å². The lowest BCUT2D eigenvalue weighted by Crippen LogP contribution is -2.35. The molecule has 1 atom stereocenters. The Hall–Kier alpha value is -3.41. The predicted molar refractivity (Wildman–Crippen MR) is 135 cm³/mol. The Balaban J connectivity index is 1.43. The van der Waals surface area contributed by atoms with Crippen molar-refractivity contribution in [3.05, 3.63) is 77.3 Å². The molecule has 1 aliphatic rings. The van der Waals surface area contributed by atoms with E-state index in [0.717, 1.165) is 29.0 Å². The summed E-state index contributed by atoms with van der Waals surface area (Å²) in [4.78, 5) is 27.1. The van der Waals surface area contributed by atoms with E-state index in [4.69, 9.17) is 4.42 Å². The number of carbonyl (C=O) groups is 2. The minimum absolute atomic E-state index is 0.00384. The molecule has 1 aliphatic heterocycles. The van der Waals surface area contributed by atoms with Crippen molar-refractivity contribution in [3.8, 4) is 11.3 Å². The van der Waals surface area contributed by atoms with Gasteiger partial charge in [-0.25, -0.2) is 4.39 Å². The van der Waals surface area contributed by atoms with Crippen molar-refractivity contribution >= 4 is 17.5 Å². The smallest absolute Gasteiger partial charge is 0.254 e. The van der Waals surface area contributed by atoms with Crippen LogP contribution in [0.25, 0.3) is 11.3 Å². The molecular formula is C29H33FN2O3. The fourth-order valence-electron chi connectivity index (χ4n) is 4.85. The predicted octanol–water partition coefficient (Wildman–Crippen LogP) is 6.69. The summed E-state index contributed by atoms with van der Waals surface area (Å²) in [6.45, 7) is 9.59. The van der Waals surface area contributed by atoms with Crippen LogP contribution in [0.5, 0.6) is 0 Å². The maximum absolute atomic E-state index is 13.6. The average molecular weight is 477 g/mol. The van der Waals surface area contributed by atoms with Crippen LogP contribution >= 0.6 is 0 Å². The van der Waals surface area contributed by atoms with Gasteiger partial charge in [0.05, 0.1) is 0 Å². The third-order valence-corrected chi connectivity index (χ3v) is 6.15. The van der Waals surface area contributed by atoms with Crippen molar-refractivity contribution in [2.45, 2.75) is 53.5 Å². The summed E-state index contributed by atoms with van der Waals surface area (Å²) in [5.41, 5.74) is 3.07. The maximum atomic E-state index is 13.6. The number of nitrogens with zero attached hydrogens (tertiary/aromatic N) is 1. The number of anilines is 1. The number of nitrogens with one attached hydrogen (secondary N) is 1. The molecule has 0 spiro atoms. The molecule has 1 unspecified atom stereocenters. The molecule has 0 radical (unpaired) electrons. The Morgan fingerprint density at radius 3 is 2.63 bits per heavy atom. The van der Waals surface area contributed by atoms with Crippen LogP contribution < -0.4 is 5.32 Å². The molecule has 0 saturated heterocycles.